The summed E-state index contributed by atoms with van der Waals surface area (Å²) in [5.74, 6) is 1.28. The lowest BCUT2D eigenvalue weighted by Gasteiger charge is -2.32. The third-order valence-electron chi connectivity index (χ3n) is 4.87. The highest BCUT2D eigenvalue weighted by atomic mass is 16.5. The van der Waals surface area contributed by atoms with E-state index < -0.39 is 0 Å². The molecule has 1 saturated heterocycles. The van der Waals surface area contributed by atoms with Crippen molar-refractivity contribution < 1.29 is 4.74 Å². The second-order valence-corrected chi connectivity index (χ2v) is 6.90. The van der Waals surface area contributed by atoms with Crippen molar-refractivity contribution in [2.24, 2.45) is 10.9 Å². The first kappa shape index (κ1) is 18.5. The molecule has 2 unspecified atom stereocenters. The molecule has 138 valence electrons. The number of guanidine groups is 1. The SMILES string of the molecule is CN=C(NCc1cccc(C)c1)NCC1CCCOC1c1ccccc1. The van der Waals surface area contributed by atoms with Crippen LogP contribution >= 0.6 is 0 Å². The van der Waals surface area contributed by atoms with Crippen molar-refractivity contribution in [3.63, 3.8) is 0 Å². The van der Waals surface area contributed by atoms with E-state index in [4.69, 9.17) is 4.74 Å². The molecule has 3 rings (SSSR count). The van der Waals surface area contributed by atoms with Crippen molar-refractivity contribution in [1.82, 2.24) is 10.6 Å². The number of nitrogens with one attached hydrogen (secondary N) is 2. The monoisotopic (exact) mass is 351 g/mol. The molecule has 4 heteroatoms. The van der Waals surface area contributed by atoms with Gasteiger partial charge >= 0.3 is 0 Å². The number of hydrogen-bond donors (Lipinski definition) is 2. The molecule has 1 fully saturated rings. The quantitative estimate of drug-likeness (QED) is 0.636. The van der Waals surface area contributed by atoms with Gasteiger partial charge in [0.05, 0.1) is 6.10 Å². The first-order chi connectivity index (χ1) is 12.8. The molecule has 0 spiro atoms. The van der Waals surface area contributed by atoms with Crippen molar-refractivity contribution >= 4 is 5.96 Å². The van der Waals surface area contributed by atoms with E-state index in [1.807, 2.05) is 7.05 Å². The van der Waals surface area contributed by atoms with Crippen molar-refractivity contribution in [1.29, 1.82) is 0 Å². The lowest BCUT2D eigenvalue weighted by atomic mass is 9.89. The van der Waals surface area contributed by atoms with Gasteiger partial charge in [0.1, 0.15) is 0 Å². The Hall–Kier alpha value is -2.33. The zero-order chi connectivity index (χ0) is 18.2. The van der Waals surface area contributed by atoms with Gasteiger partial charge in [-0.15, -0.1) is 0 Å². The van der Waals surface area contributed by atoms with E-state index in [0.717, 1.165) is 32.1 Å². The second-order valence-electron chi connectivity index (χ2n) is 6.90. The van der Waals surface area contributed by atoms with Gasteiger partial charge in [0.2, 0.25) is 0 Å². The van der Waals surface area contributed by atoms with E-state index in [1.165, 1.54) is 23.1 Å². The zero-order valence-electron chi connectivity index (χ0n) is 15.7. The van der Waals surface area contributed by atoms with Crippen LogP contribution in [0.5, 0.6) is 0 Å². The number of aryl methyl sites for hydroxylation is 1. The molecule has 0 aliphatic carbocycles. The number of nitrogens with zero attached hydrogens (tertiary/aromatic N) is 1. The maximum absolute atomic E-state index is 6.08. The highest BCUT2D eigenvalue weighted by Crippen LogP contribution is 2.32. The molecule has 26 heavy (non-hydrogen) atoms. The van der Waals surface area contributed by atoms with Gasteiger partial charge in [-0.3, -0.25) is 4.99 Å². The predicted octanol–water partition coefficient (Wildman–Crippen LogP) is 3.83. The van der Waals surface area contributed by atoms with Crippen molar-refractivity contribution in [3.05, 3.63) is 71.3 Å². The van der Waals surface area contributed by atoms with E-state index in [-0.39, 0.29) is 6.10 Å². The molecule has 2 aromatic carbocycles. The molecule has 0 amide bonds. The van der Waals surface area contributed by atoms with Crippen molar-refractivity contribution in [2.75, 3.05) is 20.2 Å². The molecule has 0 aromatic heterocycles. The van der Waals surface area contributed by atoms with Crippen LogP contribution in [0.3, 0.4) is 0 Å². The van der Waals surface area contributed by atoms with Crippen molar-refractivity contribution in [3.8, 4) is 0 Å². The fourth-order valence-electron chi connectivity index (χ4n) is 3.52. The lowest BCUT2D eigenvalue weighted by molar-refractivity contribution is -0.0265. The third-order valence-corrected chi connectivity index (χ3v) is 4.87. The summed E-state index contributed by atoms with van der Waals surface area (Å²) in [6.45, 7) is 4.58. The van der Waals surface area contributed by atoms with Crippen LogP contribution in [0.4, 0.5) is 0 Å². The Morgan fingerprint density at radius 1 is 1.12 bits per heavy atom. The van der Waals surface area contributed by atoms with Crippen LogP contribution in [0, 0.1) is 12.8 Å². The average Bonchev–Trinajstić information content (AvgIpc) is 2.69. The second kappa shape index (κ2) is 9.39. The minimum Gasteiger partial charge on any atom is -0.373 e. The number of benzene rings is 2. The number of hydrogen-bond acceptors (Lipinski definition) is 2. The van der Waals surface area contributed by atoms with Gasteiger partial charge in [0.25, 0.3) is 0 Å². The van der Waals surface area contributed by atoms with E-state index in [1.54, 1.807) is 0 Å². The summed E-state index contributed by atoms with van der Waals surface area (Å²) >= 11 is 0. The number of rotatable bonds is 5. The highest BCUT2D eigenvalue weighted by molar-refractivity contribution is 5.79. The summed E-state index contributed by atoms with van der Waals surface area (Å²) in [7, 11) is 1.82. The Balaban J connectivity index is 1.55. The molecule has 1 heterocycles. The minimum absolute atomic E-state index is 0.160. The molecule has 0 saturated carbocycles. The Kier molecular flexibility index (Phi) is 6.67. The first-order valence-corrected chi connectivity index (χ1v) is 9.43. The predicted molar refractivity (Wildman–Crippen MR) is 107 cm³/mol. The summed E-state index contributed by atoms with van der Waals surface area (Å²) in [5, 5.41) is 6.89. The molecular weight excluding hydrogens is 322 g/mol. The summed E-state index contributed by atoms with van der Waals surface area (Å²) in [4.78, 5) is 4.36. The van der Waals surface area contributed by atoms with Crippen molar-refractivity contribution in [2.45, 2.75) is 32.4 Å². The Morgan fingerprint density at radius 3 is 2.73 bits per heavy atom. The normalized spacial score (nSPS) is 20.6. The van der Waals surface area contributed by atoms with Gasteiger partial charge < -0.3 is 15.4 Å². The number of aliphatic imine (C=N–C) groups is 1. The number of ether oxygens (including phenoxy) is 1. The van der Waals surface area contributed by atoms with Gasteiger partial charge in [0, 0.05) is 32.7 Å². The van der Waals surface area contributed by atoms with Gasteiger partial charge in [-0.2, -0.15) is 0 Å². The van der Waals surface area contributed by atoms with Gasteiger partial charge in [-0.05, 0) is 30.9 Å². The van der Waals surface area contributed by atoms with Crippen LogP contribution in [0.15, 0.2) is 59.6 Å². The Bertz CT molecular complexity index is 714. The fraction of sp³-hybridized carbons (Fsp3) is 0.409. The third kappa shape index (κ3) is 5.09. The topological polar surface area (TPSA) is 45.7 Å². The fourth-order valence-corrected chi connectivity index (χ4v) is 3.52. The van der Waals surface area contributed by atoms with Gasteiger partial charge in [0.15, 0.2) is 5.96 Å². The highest BCUT2D eigenvalue weighted by Gasteiger charge is 2.27. The van der Waals surface area contributed by atoms with Crippen LogP contribution in [0.2, 0.25) is 0 Å². The maximum atomic E-state index is 6.08. The molecule has 1 aliphatic rings. The first-order valence-electron chi connectivity index (χ1n) is 9.43. The summed E-state index contributed by atoms with van der Waals surface area (Å²) < 4.78 is 6.08. The molecular formula is C22H29N3O. The van der Waals surface area contributed by atoms with Crippen LogP contribution in [0.25, 0.3) is 0 Å². The summed E-state index contributed by atoms with van der Waals surface area (Å²) in [6, 6.07) is 19.1. The largest absolute Gasteiger partial charge is 0.373 e. The van der Waals surface area contributed by atoms with E-state index >= 15 is 0 Å². The van der Waals surface area contributed by atoms with Crippen LogP contribution in [-0.2, 0) is 11.3 Å². The average molecular weight is 351 g/mol. The molecule has 2 aromatic rings. The molecule has 1 aliphatic heterocycles. The Labute approximate surface area is 156 Å². The summed E-state index contributed by atoms with van der Waals surface area (Å²) in [5.41, 5.74) is 3.80. The zero-order valence-corrected chi connectivity index (χ0v) is 15.7. The van der Waals surface area contributed by atoms with Crippen LogP contribution < -0.4 is 10.6 Å². The van der Waals surface area contributed by atoms with Gasteiger partial charge in [-0.25, -0.2) is 0 Å². The summed E-state index contributed by atoms with van der Waals surface area (Å²) in [6.07, 6.45) is 2.44. The molecule has 2 N–H and O–H groups in total. The molecule has 0 radical (unpaired) electrons. The standard InChI is InChI=1S/C22H29N3O/c1-17-8-6-9-18(14-17)15-24-22(23-2)25-16-20-12-7-13-26-21(20)19-10-4-3-5-11-19/h3-6,8-11,14,20-21H,7,12-13,15-16H2,1-2H3,(H2,23,24,25). The van der Waals surface area contributed by atoms with E-state index in [0.29, 0.717) is 5.92 Å². The van der Waals surface area contributed by atoms with E-state index in [9.17, 15) is 0 Å². The van der Waals surface area contributed by atoms with E-state index in [2.05, 4.69) is 77.1 Å². The molecule has 4 nitrogen and oxygen atoms in total. The van der Waals surface area contributed by atoms with Gasteiger partial charge in [-0.1, -0.05) is 60.2 Å². The molecule has 0 bridgehead atoms. The maximum Gasteiger partial charge on any atom is 0.191 e. The lowest BCUT2D eigenvalue weighted by Crippen LogP contribution is -2.41. The minimum atomic E-state index is 0.160. The smallest absolute Gasteiger partial charge is 0.191 e. The van der Waals surface area contributed by atoms with Crippen LogP contribution in [-0.4, -0.2) is 26.2 Å². The Morgan fingerprint density at radius 2 is 1.96 bits per heavy atom. The van der Waals surface area contributed by atoms with Crippen LogP contribution in [0.1, 0.15) is 35.6 Å². The molecule has 2 atom stereocenters.